The van der Waals surface area contributed by atoms with Gasteiger partial charge >= 0.3 is 0 Å². The van der Waals surface area contributed by atoms with Crippen LogP contribution in [0.15, 0.2) is 33.9 Å². The molecule has 0 fully saturated rings. The molecule has 1 aromatic carbocycles. The molecule has 10 heteroatoms. The first-order valence-corrected chi connectivity index (χ1v) is 8.08. The molecular weight excluding hydrogens is 391 g/mol. The molecule has 20 heavy (non-hydrogen) atoms. The Morgan fingerprint density at radius 2 is 1.95 bits per heavy atom. The van der Waals surface area contributed by atoms with Crippen molar-refractivity contribution in [3.63, 3.8) is 0 Å². The zero-order valence-corrected chi connectivity index (χ0v) is 13.6. The smallest absolute Gasteiger partial charge is 0.265 e. The molecule has 0 saturated heterocycles. The van der Waals surface area contributed by atoms with Gasteiger partial charge in [-0.15, -0.1) is 0 Å². The van der Waals surface area contributed by atoms with Gasteiger partial charge in [0.05, 0.1) is 5.69 Å². The number of nitrogen functional groups attached to an aromatic ring is 1. The maximum atomic E-state index is 12.3. The van der Waals surface area contributed by atoms with Crippen LogP contribution in [0.3, 0.4) is 0 Å². The number of hydrogen-bond donors (Lipinski definition) is 2. The van der Waals surface area contributed by atoms with E-state index in [0.29, 0.717) is 4.47 Å². The van der Waals surface area contributed by atoms with Crippen LogP contribution in [0.5, 0.6) is 0 Å². The molecule has 0 aliphatic carbocycles. The molecule has 2 aromatic rings. The average Bonchev–Trinajstić information content (AvgIpc) is 2.37. The number of rotatable bonds is 3. The first kappa shape index (κ1) is 15.3. The summed E-state index contributed by atoms with van der Waals surface area (Å²) in [6.45, 7) is 0. The predicted octanol–water partition coefficient (Wildman–Crippen LogP) is 2.93. The third kappa shape index (κ3) is 3.14. The lowest BCUT2D eigenvalue weighted by molar-refractivity contribution is 0.601. The van der Waals surface area contributed by atoms with E-state index in [1.54, 1.807) is 6.07 Å². The fourth-order valence-corrected chi connectivity index (χ4v) is 3.37. The second-order valence-electron chi connectivity index (χ2n) is 3.61. The molecule has 0 radical (unpaired) electrons. The number of aromatic nitrogens is 2. The second kappa shape index (κ2) is 5.72. The fraction of sp³-hybridized carbons (Fsp3) is 0. The maximum Gasteiger partial charge on any atom is 0.265 e. The Morgan fingerprint density at radius 3 is 2.65 bits per heavy atom. The lowest BCUT2D eigenvalue weighted by Crippen LogP contribution is -2.16. The Morgan fingerprint density at radius 1 is 1.25 bits per heavy atom. The molecule has 0 saturated carbocycles. The van der Waals surface area contributed by atoms with Gasteiger partial charge in [-0.05, 0) is 18.2 Å². The topological polar surface area (TPSA) is 98.0 Å². The lowest BCUT2D eigenvalue weighted by atomic mass is 10.3. The maximum absolute atomic E-state index is 12.3. The zero-order chi connectivity index (χ0) is 14.9. The van der Waals surface area contributed by atoms with E-state index in [1.165, 1.54) is 12.1 Å². The number of halogens is 3. The van der Waals surface area contributed by atoms with Crippen LogP contribution in [0.4, 0.5) is 11.5 Å². The van der Waals surface area contributed by atoms with E-state index in [4.69, 9.17) is 28.9 Å². The van der Waals surface area contributed by atoms with E-state index in [2.05, 4.69) is 30.6 Å². The van der Waals surface area contributed by atoms with Gasteiger partial charge in [0.15, 0.2) is 11.0 Å². The van der Waals surface area contributed by atoms with Crippen molar-refractivity contribution in [1.82, 2.24) is 9.97 Å². The highest BCUT2D eigenvalue weighted by atomic mass is 79.9. The molecule has 1 heterocycles. The molecule has 0 aliphatic rings. The molecule has 0 unspecified atom stereocenters. The van der Waals surface area contributed by atoms with Crippen LogP contribution >= 0.6 is 39.1 Å². The summed E-state index contributed by atoms with van der Waals surface area (Å²) in [6.07, 6.45) is 1.09. The van der Waals surface area contributed by atoms with Crippen LogP contribution in [0.2, 0.25) is 10.2 Å². The zero-order valence-electron chi connectivity index (χ0n) is 9.64. The van der Waals surface area contributed by atoms with Crippen molar-refractivity contribution >= 4 is 60.7 Å². The molecule has 6 nitrogen and oxygen atoms in total. The van der Waals surface area contributed by atoms with Crippen molar-refractivity contribution in [1.29, 1.82) is 0 Å². The van der Waals surface area contributed by atoms with Crippen molar-refractivity contribution in [3.8, 4) is 0 Å². The van der Waals surface area contributed by atoms with E-state index in [9.17, 15) is 8.42 Å². The van der Waals surface area contributed by atoms with E-state index in [1.807, 2.05) is 0 Å². The van der Waals surface area contributed by atoms with Gasteiger partial charge in [0, 0.05) is 4.47 Å². The number of anilines is 2. The Bertz CT molecular complexity index is 770. The number of hydrogen-bond acceptors (Lipinski definition) is 5. The summed E-state index contributed by atoms with van der Waals surface area (Å²) in [4.78, 5) is 7.26. The Hall–Kier alpha value is -1.09. The Kier molecular flexibility index (Phi) is 4.38. The third-order valence-electron chi connectivity index (χ3n) is 2.24. The number of benzene rings is 1. The molecule has 1 aromatic heterocycles. The normalized spacial score (nSPS) is 11.3. The predicted molar refractivity (Wildman–Crippen MR) is 81.4 cm³/mol. The number of nitrogens with one attached hydrogen (secondary N) is 1. The number of sulfonamides is 1. The summed E-state index contributed by atoms with van der Waals surface area (Å²) >= 11 is 14.7. The van der Waals surface area contributed by atoms with Gasteiger partial charge in [0.25, 0.3) is 10.0 Å². The van der Waals surface area contributed by atoms with Crippen molar-refractivity contribution in [2.24, 2.45) is 0 Å². The molecule has 0 aliphatic heterocycles. The van der Waals surface area contributed by atoms with Gasteiger partial charge < -0.3 is 5.73 Å². The summed E-state index contributed by atoms with van der Waals surface area (Å²) in [5, 5.41) is -0.145. The summed E-state index contributed by atoms with van der Waals surface area (Å²) in [7, 11) is -3.94. The molecule has 0 bridgehead atoms. The summed E-state index contributed by atoms with van der Waals surface area (Å²) < 4.78 is 27.3. The first-order chi connectivity index (χ1) is 9.31. The SMILES string of the molecule is Nc1ccc(Br)cc1S(=O)(=O)Nc1ncnc(Cl)c1Cl. The summed E-state index contributed by atoms with van der Waals surface area (Å²) in [5.74, 6) is -0.119. The van der Waals surface area contributed by atoms with Crippen LogP contribution in [-0.4, -0.2) is 18.4 Å². The Labute approximate surface area is 133 Å². The minimum absolute atomic E-state index is 0.0541. The van der Waals surface area contributed by atoms with Gasteiger partial charge in [-0.2, -0.15) is 0 Å². The number of nitrogens with zero attached hydrogens (tertiary/aromatic N) is 2. The quantitative estimate of drug-likeness (QED) is 0.612. The molecular formula is C10H7BrCl2N4O2S. The van der Waals surface area contributed by atoms with Crippen LogP contribution in [-0.2, 0) is 10.0 Å². The van der Waals surface area contributed by atoms with Crippen LogP contribution in [0.25, 0.3) is 0 Å². The van der Waals surface area contributed by atoms with Gasteiger partial charge in [-0.3, -0.25) is 4.72 Å². The van der Waals surface area contributed by atoms with Crippen LogP contribution in [0.1, 0.15) is 0 Å². The first-order valence-electron chi connectivity index (χ1n) is 5.05. The highest BCUT2D eigenvalue weighted by Gasteiger charge is 2.21. The van der Waals surface area contributed by atoms with E-state index in [-0.39, 0.29) is 26.6 Å². The van der Waals surface area contributed by atoms with Crippen molar-refractivity contribution in [2.45, 2.75) is 4.90 Å². The highest BCUT2D eigenvalue weighted by Crippen LogP contribution is 2.29. The standard InChI is InChI=1S/C10H7BrCl2N4O2S/c11-5-1-2-6(14)7(3-5)20(18,19)17-10-8(12)9(13)15-4-16-10/h1-4H,14H2,(H,15,16,17). The molecule has 3 N–H and O–H groups in total. The van der Waals surface area contributed by atoms with Gasteiger partial charge in [0.1, 0.15) is 16.2 Å². The largest absolute Gasteiger partial charge is 0.398 e. The Balaban J connectivity index is 2.46. The fourth-order valence-electron chi connectivity index (χ4n) is 1.34. The monoisotopic (exact) mass is 396 g/mol. The summed E-state index contributed by atoms with van der Waals surface area (Å²) in [5.41, 5.74) is 5.76. The average molecular weight is 398 g/mol. The van der Waals surface area contributed by atoms with E-state index >= 15 is 0 Å². The molecule has 0 spiro atoms. The molecule has 106 valence electrons. The van der Waals surface area contributed by atoms with Crippen LogP contribution in [0, 0.1) is 0 Å². The van der Waals surface area contributed by atoms with E-state index in [0.717, 1.165) is 6.33 Å². The molecule has 2 rings (SSSR count). The molecule has 0 atom stereocenters. The van der Waals surface area contributed by atoms with Crippen molar-refractivity contribution in [2.75, 3.05) is 10.5 Å². The van der Waals surface area contributed by atoms with Crippen molar-refractivity contribution < 1.29 is 8.42 Å². The third-order valence-corrected chi connectivity index (χ3v) is 4.87. The minimum atomic E-state index is -3.94. The minimum Gasteiger partial charge on any atom is -0.398 e. The van der Waals surface area contributed by atoms with E-state index < -0.39 is 10.0 Å². The van der Waals surface area contributed by atoms with Crippen molar-refractivity contribution in [3.05, 3.63) is 39.2 Å². The second-order valence-corrected chi connectivity index (χ2v) is 6.92. The summed E-state index contributed by atoms with van der Waals surface area (Å²) in [6, 6.07) is 4.46. The lowest BCUT2D eigenvalue weighted by Gasteiger charge is -2.11. The van der Waals surface area contributed by atoms with Gasteiger partial charge in [0.2, 0.25) is 0 Å². The highest BCUT2D eigenvalue weighted by molar-refractivity contribution is 9.10. The number of nitrogens with two attached hydrogens (primary N) is 1. The van der Waals surface area contributed by atoms with Crippen LogP contribution < -0.4 is 10.5 Å². The molecule has 0 amide bonds. The van der Waals surface area contributed by atoms with Gasteiger partial charge in [-0.1, -0.05) is 39.1 Å². The van der Waals surface area contributed by atoms with Gasteiger partial charge in [-0.25, -0.2) is 18.4 Å².